The van der Waals surface area contributed by atoms with Gasteiger partial charge in [-0.1, -0.05) is 12.1 Å². The van der Waals surface area contributed by atoms with Crippen LogP contribution in [0, 0.1) is 0 Å². The van der Waals surface area contributed by atoms with E-state index in [1.807, 2.05) is 36.4 Å². The van der Waals surface area contributed by atoms with E-state index in [0.717, 1.165) is 22.6 Å². The fourth-order valence-corrected chi connectivity index (χ4v) is 2.63. The van der Waals surface area contributed by atoms with Crippen molar-refractivity contribution < 1.29 is 19.1 Å². The molecule has 0 unspecified atom stereocenters. The van der Waals surface area contributed by atoms with Gasteiger partial charge in [-0.2, -0.15) is 0 Å². The Kier molecular flexibility index (Phi) is 7.49. The van der Waals surface area contributed by atoms with Gasteiger partial charge in [-0.15, -0.1) is 0 Å². The maximum Gasteiger partial charge on any atom is 0.312 e. The second kappa shape index (κ2) is 10.1. The van der Waals surface area contributed by atoms with Crippen molar-refractivity contribution in [2.24, 2.45) is 5.73 Å². The lowest BCUT2D eigenvalue weighted by Crippen LogP contribution is -2.30. The number of nitrogens with two attached hydrogens (primary N) is 1. The molecule has 0 bridgehead atoms. The van der Waals surface area contributed by atoms with Gasteiger partial charge in [0.25, 0.3) is 0 Å². The monoisotopic (exact) mass is 371 g/mol. The van der Waals surface area contributed by atoms with Gasteiger partial charge in [0.05, 0.1) is 14.2 Å². The number of hydrogen-bond acceptors (Lipinski definition) is 4. The van der Waals surface area contributed by atoms with E-state index in [4.69, 9.17) is 15.2 Å². The molecule has 0 aliphatic carbocycles. The summed E-state index contributed by atoms with van der Waals surface area (Å²) in [7, 11) is 3.23. The van der Waals surface area contributed by atoms with Crippen molar-refractivity contribution in [1.82, 2.24) is 5.32 Å². The maximum atomic E-state index is 12.1. The number of nitrogens with one attached hydrogen (secondary N) is 2. The molecule has 0 spiro atoms. The highest BCUT2D eigenvalue weighted by Gasteiger charge is 2.09. The second-order valence-electron chi connectivity index (χ2n) is 5.94. The van der Waals surface area contributed by atoms with Crippen LogP contribution in [0.25, 0.3) is 11.1 Å². The van der Waals surface area contributed by atoms with Gasteiger partial charge in [-0.25, -0.2) is 4.79 Å². The molecule has 7 nitrogen and oxygen atoms in total. The number of rotatable bonds is 9. The molecule has 0 aliphatic heterocycles. The Balaban J connectivity index is 2.01. The summed E-state index contributed by atoms with van der Waals surface area (Å²) < 4.78 is 10.6. The molecule has 0 radical (unpaired) electrons. The minimum atomic E-state index is -0.552. The third-order valence-electron chi connectivity index (χ3n) is 4.01. The first-order chi connectivity index (χ1) is 13.0. The van der Waals surface area contributed by atoms with Gasteiger partial charge in [0.2, 0.25) is 5.91 Å². The number of anilines is 1. The van der Waals surface area contributed by atoms with E-state index in [0.29, 0.717) is 31.5 Å². The molecule has 144 valence electrons. The van der Waals surface area contributed by atoms with Gasteiger partial charge in [0, 0.05) is 24.2 Å². The van der Waals surface area contributed by atoms with Crippen LogP contribution in [0.15, 0.2) is 42.5 Å². The van der Waals surface area contributed by atoms with E-state index in [1.54, 1.807) is 20.3 Å². The Hall–Kier alpha value is -3.22. The Labute approximate surface area is 158 Å². The molecule has 2 rings (SSSR count). The van der Waals surface area contributed by atoms with E-state index in [9.17, 15) is 9.59 Å². The van der Waals surface area contributed by atoms with E-state index < -0.39 is 6.03 Å². The molecule has 0 atom stereocenters. The summed E-state index contributed by atoms with van der Waals surface area (Å²) in [4.78, 5) is 22.7. The Bertz CT molecular complexity index is 775. The molecular weight excluding hydrogens is 346 g/mol. The van der Waals surface area contributed by atoms with E-state index in [2.05, 4.69) is 10.6 Å². The average molecular weight is 371 g/mol. The second-order valence-corrected chi connectivity index (χ2v) is 5.94. The summed E-state index contributed by atoms with van der Waals surface area (Å²) in [5.74, 6) is 1.41. The lowest BCUT2D eigenvalue weighted by molar-refractivity contribution is -0.116. The van der Waals surface area contributed by atoms with Crippen molar-refractivity contribution in [3.05, 3.63) is 42.5 Å². The largest absolute Gasteiger partial charge is 0.497 e. The molecule has 2 aromatic carbocycles. The first-order valence-electron chi connectivity index (χ1n) is 8.69. The standard InChI is InChI=1S/C20H25N3O4/c1-26-16-9-6-14(7-10-16)17-13-15(8-11-18(17)27-2)23-19(24)5-3-4-12-22-20(21)25/h6-11,13H,3-5,12H2,1-2H3,(H,23,24)(H3,21,22,25). The minimum Gasteiger partial charge on any atom is -0.497 e. The molecule has 27 heavy (non-hydrogen) atoms. The van der Waals surface area contributed by atoms with Crippen LogP contribution in [0.4, 0.5) is 10.5 Å². The van der Waals surface area contributed by atoms with Gasteiger partial charge in [0.1, 0.15) is 11.5 Å². The molecule has 2 aromatic rings. The van der Waals surface area contributed by atoms with Crippen LogP contribution < -0.4 is 25.8 Å². The van der Waals surface area contributed by atoms with Crippen molar-refractivity contribution >= 4 is 17.6 Å². The summed E-state index contributed by atoms with van der Waals surface area (Å²) in [5.41, 5.74) is 7.53. The molecular formula is C20H25N3O4. The smallest absolute Gasteiger partial charge is 0.312 e. The molecule has 0 fully saturated rings. The van der Waals surface area contributed by atoms with Crippen LogP contribution in [0.3, 0.4) is 0 Å². The highest BCUT2D eigenvalue weighted by atomic mass is 16.5. The van der Waals surface area contributed by atoms with Crippen LogP contribution in [-0.2, 0) is 4.79 Å². The molecule has 3 amide bonds. The van der Waals surface area contributed by atoms with Gasteiger partial charge >= 0.3 is 6.03 Å². The average Bonchev–Trinajstić information content (AvgIpc) is 2.67. The van der Waals surface area contributed by atoms with Gasteiger partial charge < -0.3 is 25.8 Å². The Morgan fingerprint density at radius 3 is 2.37 bits per heavy atom. The summed E-state index contributed by atoms with van der Waals surface area (Å²) in [6, 6.07) is 12.6. The number of methoxy groups -OCH3 is 2. The number of benzene rings is 2. The number of urea groups is 1. The highest BCUT2D eigenvalue weighted by molar-refractivity contribution is 5.92. The van der Waals surface area contributed by atoms with Crippen molar-refractivity contribution in [2.45, 2.75) is 19.3 Å². The lowest BCUT2D eigenvalue weighted by Gasteiger charge is -2.12. The van der Waals surface area contributed by atoms with Gasteiger partial charge in [0.15, 0.2) is 0 Å². The number of unbranched alkanes of at least 4 members (excludes halogenated alkanes) is 1. The summed E-state index contributed by atoms with van der Waals surface area (Å²) in [6.45, 7) is 0.465. The number of carbonyl (C=O) groups is 2. The predicted octanol–water partition coefficient (Wildman–Crippen LogP) is 3.15. The first-order valence-corrected chi connectivity index (χ1v) is 8.69. The zero-order valence-corrected chi connectivity index (χ0v) is 15.6. The Morgan fingerprint density at radius 2 is 1.74 bits per heavy atom. The molecule has 0 aliphatic rings. The minimum absolute atomic E-state index is 0.0834. The quantitative estimate of drug-likeness (QED) is 0.589. The van der Waals surface area contributed by atoms with Gasteiger partial charge in [-0.3, -0.25) is 4.79 Å². The third-order valence-corrected chi connectivity index (χ3v) is 4.01. The normalized spacial score (nSPS) is 10.1. The zero-order chi connectivity index (χ0) is 19.6. The molecule has 4 N–H and O–H groups in total. The van der Waals surface area contributed by atoms with Crippen molar-refractivity contribution in [3.63, 3.8) is 0 Å². The first kappa shape index (κ1) is 20.1. The fourth-order valence-electron chi connectivity index (χ4n) is 2.63. The zero-order valence-electron chi connectivity index (χ0n) is 15.6. The van der Waals surface area contributed by atoms with E-state index >= 15 is 0 Å². The van der Waals surface area contributed by atoms with Crippen LogP contribution in [0.2, 0.25) is 0 Å². The topological polar surface area (TPSA) is 103 Å². The molecule has 0 aromatic heterocycles. The van der Waals surface area contributed by atoms with Crippen LogP contribution in [0.5, 0.6) is 11.5 Å². The van der Waals surface area contributed by atoms with Crippen molar-refractivity contribution in [1.29, 1.82) is 0 Å². The number of amides is 3. The summed E-state index contributed by atoms with van der Waals surface area (Å²) in [6.07, 6.45) is 1.72. The molecule has 0 heterocycles. The van der Waals surface area contributed by atoms with Crippen LogP contribution in [-0.4, -0.2) is 32.7 Å². The van der Waals surface area contributed by atoms with Crippen molar-refractivity contribution in [3.8, 4) is 22.6 Å². The highest BCUT2D eigenvalue weighted by Crippen LogP contribution is 2.33. The van der Waals surface area contributed by atoms with E-state index in [1.165, 1.54) is 0 Å². The fraction of sp³-hybridized carbons (Fsp3) is 0.300. The van der Waals surface area contributed by atoms with Crippen LogP contribution >= 0.6 is 0 Å². The lowest BCUT2D eigenvalue weighted by atomic mass is 10.0. The number of hydrogen-bond donors (Lipinski definition) is 3. The SMILES string of the molecule is COc1ccc(-c2cc(NC(=O)CCCCNC(N)=O)ccc2OC)cc1. The Morgan fingerprint density at radius 1 is 1.00 bits per heavy atom. The predicted molar refractivity (Wildman–Crippen MR) is 105 cm³/mol. The van der Waals surface area contributed by atoms with E-state index in [-0.39, 0.29) is 5.91 Å². The summed E-state index contributed by atoms with van der Waals surface area (Å²) >= 11 is 0. The van der Waals surface area contributed by atoms with Crippen LogP contribution in [0.1, 0.15) is 19.3 Å². The number of primary amides is 1. The number of carbonyl (C=O) groups excluding carboxylic acids is 2. The molecule has 0 saturated heterocycles. The number of ether oxygens (including phenoxy) is 2. The third kappa shape index (κ3) is 6.22. The molecule has 7 heteroatoms. The summed E-state index contributed by atoms with van der Waals surface area (Å²) in [5, 5.41) is 5.39. The van der Waals surface area contributed by atoms with Gasteiger partial charge in [-0.05, 0) is 48.7 Å². The van der Waals surface area contributed by atoms with Crippen molar-refractivity contribution in [2.75, 3.05) is 26.1 Å². The maximum absolute atomic E-state index is 12.1. The molecule has 0 saturated carbocycles.